The van der Waals surface area contributed by atoms with Gasteiger partial charge >= 0.3 is 5.97 Å². The molecule has 108 valence electrons. The Morgan fingerprint density at radius 1 is 1.16 bits per heavy atom. The number of hydrogen-bond acceptors (Lipinski definition) is 3. The van der Waals surface area contributed by atoms with Crippen LogP contribution in [0, 0.1) is 0 Å². The molecule has 3 N–H and O–H groups in total. The maximum absolute atomic E-state index is 10.4. The molecule has 0 spiro atoms. The van der Waals surface area contributed by atoms with Crippen LogP contribution in [0.1, 0.15) is 45.4 Å². The van der Waals surface area contributed by atoms with Gasteiger partial charge in [-0.2, -0.15) is 0 Å². The van der Waals surface area contributed by atoms with E-state index >= 15 is 0 Å². The fourth-order valence-electron chi connectivity index (χ4n) is 1.33. The van der Waals surface area contributed by atoms with Crippen molar-refractivity contribution >= 4 is 17.7 Å². The standard InChI is InChI=1S/C15H25NO2S/c1-2-3-4-5-6-7-8-9-10-11-12-13-19-14(16)15(17)18/h6-7,9-10,12-14H,2-5,8,11,16H2,1H3,(H,17,18)/b7-6-,10-9-,13-12-. The zero-order chi connectivity index (χ0) is 14.3. The number of thioether (sulfide) groups is 1. The summed E-state index contributed by atoms with van der Waals surface area (Å²) in [6, 6.07) is 0. The van der Waals surface area contributed by atoms with E-state index in [1.54, 1.807) is 5.41 Å². The molecule has 0 bridgehead atoms. The van der Waals surface area contributed by atoms with Crippen molar-refractivity contribution in [3.8, 4) is 0 Å². The summed E-state index contributed by atoms with van der Waals surface area (Å²) in [5.74, 6) is -0.988. The van der Waals surface area contributed by atoms with Crippen LogP contribution >= 0.6 is 11.8 Å². The maximum atomic E-state index is 10.4. The van der Waals surface area contributed by atoms with Crippen LogP contribution in [0.2, 0.25) is 0 Å². The van der Waals surface area contributed by atoms with Crippen LogP contribution < -0.4 is 5.73 Å². The van der Waals surface area contributed by atoms with E-state index in [9.17, 15) is 4.79 Å². The summed E-state index contributed by atoms with van der Waals surface area (Å²) in [7, 11) is 0. The second-order valence-electron chi connectivity index (χ2n) is 4.18. The second kappa shape index (κ2) is 13.4. The van der Waals surface area contributed by atoms with Crippen molar-refractivity contribution in [2.75, 3.05) is 0 Å². The van der Waals surface area contributed by atoms with Crippen molar-refractivity contribution < 1.29 is 9.90 Å². The molecular formula is C15H25NO2S. The highest BCUT2D eigenvalue weighted by Crippen LogP contribution is 2.08. The number of nitrogens with two attached hydrogens (primary N) is 1. The predicted molar refractivity (Wildman–Crippen MR) is 84.0 cm³/mol. The van der Waals surface area contributed by atoms with E-state index in [1.807, 2.05) is 6.08 Å². The number of carbonyl (C=O) groups is 1. The molecule has 0 aromatic rings. The lowest BCUT2D eigenvalue weighted by Crippen LogP contribution is -2.25. The van der Waals surface area contributed by atoms with Gasteiger partial charge in [0.25, 0.3) is 0 Å². The summed E-state index contributed by atoms with van der Waals surface area (Å²) in [5.41, 5.74) is 5.33. The first kappa shape index (κ1) is 18.0. The third-order valence-corrected chi connectivity index (χ3v) is 3.26. The van der Waals surface area contributed by atoms with Crippen LogP contribution in [-0.2, 0) is 4.79 Å². The molecule has 0 aliphatic carbocycles. The number of hydrogen-bond donors (Lipinski definition) is 2. The molecule has 0 heterocycles. The molecule has 0 radical (unpaired) electrons. The number of carboxylic acid groups (broad SMARTS) is 1. The first-order valence-corrected chi connectivity index (χ1v) is 7.71. The van der Waals surface area contributed by atoms with Crippen molar-refractivity contribution in [1.29, 1.82) is 0 Å². The monoisotopic (exact) mass is 283 g/mol. The quantitative estimate of drug-likeness (QED) is 0.341. The number of carboxylic acids is 1. The topological polar surface area (TPSA) is 63.3 Å². The van der Waals surface area contributed by atoms with E-state index in [-0.39, 0.29) is 0 Å². The largest absolute Gasteiger partial charge is 0.479 e. The molecule has 0 aromatic carbocycles. The smallest absolute Gasteiger partial charge is 0.331 e. The Hall–Kier alpha value is -1.00. The second-order valence-corrected chi connectivity index (χ2v) is 5.23. The average molecular weight is 283 g/mol. The molecule has 0 amide bonds. The first-order chi connectivity index (χ1) is 9.18. The minimum absolute atomic E-state index is 0.809. The molecule has 4 heteroatoms. The Labute approximate surface area is 120 Å². The van der Waals surface area contributed by atoms with Crippen molar-refractivity contribution in [2.45, 2.75) is 50.8 Å². The van der Waals surface area contributed by atoms with Crippen molar-refractivity contribution in [2.24, 2.45) is 5.73 Å². The Bertz CT molecular complexity index is 311. The Kier molecular flexibility index (Phi) is 12.7. The van der Waals surface area contributed by atoms with Gasteiger partial charge in [0, 0.05) is 0 Å². The highest BCUT2D eigenvalue weighted by atomic mass is 32.2. The molecule has 0 saturated carbocycles. The molecule has 3 nitrogen and oxygen atoms in total. The number of rotatable bonds is 11. The summed E-state index contributed by atoms with van der Waals surface area (Å²) in [5, 5.41) is 9.43. The fraction of sp³-hybridized carbons (Fsp3) is 0.533. The van der Waals surface area contributed by atoms with Gasteiger partial charge < -0.3 is 10.8 Å². The minimum Gasteiger partial charge on any atom is -0.479 e. The highest BCUT2D eigenvalue weighted by Gasteiger charge is 2.08. The zero-order valence-electron chi connectivity index (χ0n) is 11.6. The first-order valence-electron chi connectivity index (χ1n) is 6.77. The van der Waals surface area contributed by atoms with Crippen LogP contribution in [0.4, 0.5) is 0 Å². The van der Waals surface area contributed by atoms with E-state index in [1.165, 1.54) is 25.7 Å². The summed E-state index contributed by atoms with van der Waals surface area (Å²) in [6.07, 6.45) is 17.3. The molecule has 0 aliphatic heterocycles. The average Bonchev–Trinajstić information content (AvgIpc) is 2.39. The molecule has 0 aromatic heterocycles. The van der Waals surface area contributed by atoms with E-state index < -0.39 is 11.3 Å². The van der Waals surface area contributed by atoms with Crippen molar-refractivity contribution in [3.63, 3.8) is 0 Å². The highest BCUT2D eigenvalue weighted by molar-refractivity contribution is 8.03. The van der Waals surface area contributed by atoms with Crippen LogP contribution in [0.3, 0.4) is 0 Å². The number of aliphatic carboxylic acids is 1. The lowest BCUT2D eigenvalue weighted by atomic mass is 10.2. The summed E-state index contributed by atoms with van der Waals surface area (Å²) in [6.45, 7) is 2.21. The number of allylic oxidation sites excluding steroid dienone is 5. The lowest BCUT2D eigenvalue weighted by Gasteiger charge is -1.99. The van der Waals surface area contributed by atoms with Gasteiger partial charge in [0.15, 0.2) is 5.37 Å². The van der Waals surface area contributed by atoms with E-state index in [0.29, 0.717) is 0 Å². The van der Waals surface area contributed by atoms with Crippen LogP contribution in [0.15, 0.2) is 35.8 Å². The molecule has 19 heavy (non-hydrogen) atoms. The summed E-state index contributed by atoms with van der Waals surface area (Å²) < 4.78 is 0. The molecule has 0 aliphatic rings. The fourth-order valence-corrected chi connectivity index (χ4v) is 1.84. The van der Waals surface area contributed by atoms with E-state index in [4.69, 9.17) is 10.8 Å². The normalized spacial score (nSPS) is 13.8. The van der Waals surface area contributed by atoms with Gasteiger partial charge in [0.05, 0.1) is 0 Å². The lowest BCUT2D eigenvalue weighted by molar-refractivity contribution is -0.136. The van der Waals surface area contributed by atoms with Gasteiger partial charge in [-0.25, -0.2) is 4.79 Å². The third-order valence-electron chi connectivity index (χ3n) is 2.42. The molecule has 0 rings (SSSR count). The molecular weight excluding hydrogens is 258 g/mol. The van der Waals surface area contributed by atoms with Gasteiger partial charge in [-0.1, -0.05) is 50.1 Å². The molecule has 1 unspecified atom stereocenters. The van der Waals surface area contributed by atoms with E-state index in [2.05, 4.69) is 31.2 Å². The Morgan fingerprint density at radius 3 is 2.42 bits per heavy atom. The minimum atomic E-state index is -0.988. The van der Waals surface area contributed by atoms with Crippen LogP contribution in [0.25, 0.3) is 0 Å². The van der Waals surface area contributed by atoms with Crippen molar-refractivity contribution in [1.82, 2.24) is 0 Å². The maximum Gasteiger partial charge on any atom is 0.331 e. The van der Waals surface area contributed by atoms with Gasteiger partial charge in [-0.3, -0.25) is 0 Å². The number of unbranched alkanes of at least 4 members (excludes halogenated alkanes) is 3. The van der Waals surface area contributed by atoms with Gasteiger partial charge in [-0.15, -0.1) is 11.8 Å². The van der Waals surface area contributed by atoms with E-state index in [0.717, 1.165) is 24.6 Å². The van der Waals surface area contributed by atoms with Crippen molar-refractivity contribution in [3.05, 3.63) is 35.8 Å². The van der Waals surface area contributed by atoms with Gasteiger partial charge in [0.2, 0.25) is 0 Å². The Morgan fingerprint density at radius 2 is 1.79 bits per heavy atom. The van der Waals surface area contributed by atoms with Crippen LogP contribution in [-0.4, -0.2) is 16.4 Å². The van der Waals surface area contributed by atoms with Crippen LogP contribution in [0.5, 0.6) is 0 Å². The van der Waals surface area contributed by atoms with Gasteiger partial charge in [-0.05, 0) is 31.1 Å². The summed E-state index contributed by atoms with van der Waals surface area (Å²) >= 11 is 1.11. The summed E-state index contributed by atoms with van der Waals surface area (Å²) in [4.78, 5) is 10.4. The zero-order valence-corrected chi connectivity index (χ0v) is 12.4. The predicted octanol–water partition coefficient (Wildman–Crippen LogP) is 4.08. The molecule has 0 fully saturated rings. The Balaban J connectivity index is 3.48. The third kappa shape index (κ3) is 13.2. The SMILES string of the molecule is CCCCC/C=C\C/C=C\C/C=C\SC(N)C(=O)O. The molecule has 1 atom stereocenters. The van der Waals surface area contributed by atoms with Gasteiger partial charge in [0.1, 0.15) is 0 Å². The molecule has 0 saturated heterocycles.